The van der Waals surface area contributed by atoms with Crippen LogP contribution in [0, 0.1) is 0 Å². The maximum absolute atomic E-state index is 12.4. The molecule has 2 fully saturated rings. The Morgan fingerprint density at radius 3 is 2.80 bits per heavy atom. The van der Waals surface area contributed by atoms with Crippen LogP contribution in [0.15, 0.2) is 29.3 Å². The molecule has 9 heteroatoms. The van der Waals surface area contributed by atoms with Crippen LogP contribution in [0.2, 0.25) is 0 Å². The third kappa shape index (κ3) is 4.40. The van der Waals surface area contributed by atoms with Gasteiger partial charge in [-0.15, -0.1) is 0 Å². The summed E-state index contributed by atoms with van der Waals surface area (Å²) in [5.74, 6) is 2.46. The molecule has 2 aromatic heterocycles. The summed E-state index contributed by atoms with van der Waals surface area (Å²) in [4.78, 5) is 25.2. The molecule has 30 heavy (non-hydrogen) atoms. The van der Waals surface area contributed by atoms with Crippen molar-refractivity contribution >= 4 is 17.5 Å². The zero-order valence-electron chi connectivity index (χ0n) is 17.7. The number of aliphatic hydroxyl groups is 1. The SMILES string of the molecule is CN(C)c1cc(NCC2CCCCN2c2ccc(=O)n(C3CCCC3O)n2)ncn1. The molecule has 0 amide bonds. The number of hydrogen-bond donors (Lipinski definition) is 2. The molecular weight excluding hydrogens is 382 g/mol. The Bertz CT molecular complexity index is 916. The van der Waals surface area contributed by atoms with Gasteiger partial charge in [0.25, 0.3) is 5.56 Å². The van der Waals surface area contributed by atoms with Gasteiger partial charge in [-0.25, -0.2) is 14.6 Å². The average molecular weight is 414 g/mol. The van der Waals surface area contributed by atoms with Gasteiger partial charge in [-0.1, -0.05) is 0 Å². The standard InChI is InChI=1S/C21H31N7O2/c1-26(2)20-12-18(23-14-24-20)22-13-15-6-3-4-11-27(15)19-9-10-21(30)28(25-19)16-7-5-8-17(16)29/h9-10,12,14-17,29H,3-8,11,13H2,1-2H3,(H,22,23,24). The zero-order chi connectivity index (χ0) is 21.1. The van der Waals surface area contributed by atoms with E-state index in [-0.39, 0.29) is 17.6 Å². The van der Waals surface area contributed by atoms with E-state index in [1.165, 1.54) is 4.68 Å². The van der Waals surface area contributed by atoms with Gasteiger partial charge in [-0.05, 0) is 44.6 Å². The summed E-state index contributed by atoms with van der Waals surface area (Å²) in [7, 11) is 3.91. The monoisotopic (exact) mass is 413 g/mol. The molecule has 3 unspecified atom stereocenters. The van der Waals surface area contributed by atoms with Crippen LogP contribution in [0.4, 0.5) is 17.5 Å². The number of piperidine rings is 1. The molecule has 3 heterocycles. The fourth-order valence-electron chi connectivity index (χ4n) is 4.44. The molecule has 1 saturated carbocycles. The molecule has 3 atom stereocenters. The minimum atomic E-state index is -0.493. The van der Waals surface area contributed by atoms with Crippen LogP contribution < -0.4 is 20.7 Å². The molecule has 0 bridgehead atoms. The van der Waals surface area contributed by atoms with Crippen LogP contribution >= 0.6 is 0 Å². The Balaban J connectivity index is 1.51. The van der Waals surface area contributed by atoms with Gasteiger partial charge < -0.3 is 20.2 Å². The van der Waals surface area contributed by atoms with E-state index in [1.54, 1.807) is 12.4 Å². The number of rotatable bonds is 6. The van der Waals surface area contributed by atoms with Gasteiger partial charge in [0.1, 0.15) is 23.8 Å². The van der Waals surface area contributed by atoms with E-state index < -0.39 is 6.10 Å². The summed E-state index contributed by atoms with van der Waals surface area (Å²) in [6, 6.07) is 5.37. The minimum absolute atomic E-state index is 0.145. The van der Waals surface area contributed by atoms with Gasteiger partial charge in [0.2, 0.25) is 0 Å². The van der Waals surface area contributed by atoms with E-state index in [4.69, 9.17) is 0 Å². The topological polar surface area (TPSA) is 99.4 Å². The lowest BCUT2D eigenvalue weighted by molar-refractivity contribution is 0.127. The first-order valence-corrected chi connectivity index (χ1v) is 10.8. The van der Waals surface area contributed by atoms with Crippen LogP contribution in [-0.2, 0) is 0 Å². The Hall–Kier alpha value is -2.68. The second kappa shape index (κ2) is 8.99. The molecule has 1 saturated heterocycles. The van der Waals surface area contributed by atoms with Crippen molar-refractivity contribution in [2.75, 3.05) is 42.3 Å². The highest BCUT2D eigenvalue weighted by Crippen LogP contribution is 2.29. The highest BCUT2D eigenvalue weighted by Gasteiger charge is 2.30. The van der Waals surface area contributed by atoms with Gasteiger partial charge in [0, 0.05) is 45.4 Å². The summed E-state index contributed by atoms with van der Waals surface area (Å²) in [6.45, 7) is 1.63. The molecule has 162 valence electrons. The lowest BCUT2D eigenvalue weighted by Gasteiger charge is -2.37. The van der Waals surface area contributed by atoms with Gasteiger partial charge in [-0.2, -0.15) is 5.10 Å². The molecule has 2 N–H and O–H groups in total. The van der Waals surface area contributed by atoms with E-state index in [0.29, 0.717) is 0 Å². The predicted molar refractivity (Wildman–Crippen MR) is 117 cm³/mol. The molecule has 2 aliphatic rings. The number of anilines is 3. The number of hydrogen-bond acceptors (Lipinski definition) is 8. The van der Waals surface area contributed by atoms with Crippen LogP contribution in [0.25, 0.3) is 0 Å². The van der Waals surface area contributed by atoms with Crippen molar-refractivity contribution in [3.8, 4) is 0 Å². The second-order valence-corrected chi connectivity index (χ2v) is 8.42. The van der Waals surface area contributed by atoms with E-state index in [9.17, 15) is 9.90 Å². The quantitative estimate of drug-likeness (QED) is 0.738. The highest BCUT2D eigenvalue weighted by molar-refractivity contribution is 5.48. The summed E-state index contributed by atoms with van der Waals surface area (Å²) < 4.78 is 1.50. The van der Waals surface area contributed by atoms with Crippen LogP contribution in [0.5, 0.6) is 0 Å². The van der Waals surface area contributed by atoms with Crippen molar-refractivity contribution in [1.82, 2.24) is 19.7 Å². The number of nitrogens with zero attached hydrogens (tertiary/aromatic N) is 6. The first-order chi connectivity index (χ1) is 14.5. The highest BCUT2D eigenvalue weighted by atomic mass is 16.3. The Morgan fingerprint density at radius 1 is 1.17 bits per heavy atom. The van der Waals surface area contributed by atoms with E-state index in [1.807, 2.05) is 31.1 Å². The fourth-order valence-corrected chi connectivity index (χ4v) is 4.44. The lowest BCUT2D eigenvalue weighted by Crippen LogP contribution is -2.45. The van der Waals surface area contributed by atoms with E-state index in [2.05, 4.69) is 25.3 Å². The van der Waals surface area contributed by atoms with Gasteiger partial charge in [0.05, 0.1) is 12.1 Å². The van der Waals surface area contributed by atoms with Crippen molar-refractivity contribution in [3.05, 3.63) is 34.9 Å². The minimum Gasteiger partial charge on any atom is -0.391 e. The molecule has 9 nitrogen and oxygen atoms in total. The normalized spacial score (nSPS) is 24.1. The Labute approximate surface area is 176 Å². The Morgan fingerprint density at radius 2 is 2.03 bits per heavy atom. The van der Waals surface area contributed by atoms with Crippen molar-refractivity contribution in [1.29, 1.82) is 0 Å². The zero-order valence-corrected chi connectivity index (χ0v) is 17.7. The molecular formula is C21H31N7O2. The smallest absolute Gasteiger partial charge is 0.267 e. The van der Waals surface area contributed by atoms with E-state index >= 15 is 0 Å². The predicted octanol–water partition coefficient (Wildman–Crippen LogP) is 1.66. The molecule has 1 aliphatic heterocycles. The summed E-state index contributed by atoms with van der Waals surface area (Å²) >= 11 is 0. The average Bonchev–Trinajstić information content (AvgIpc) is 3.19. The second-order valence-electron chi connectivity index (χ2n) is 8.42. The summed E-state index contributed by atoms with van der Waals surface area (Å²) in [5, 5.41) is 18.4. The van der Waals surface area contributed by atoms with Crippen LogP contribution in [0.3, 0.4) is 0 Å². The molecule has 0 spiro atoms. The first kappa shape index (κ1) is 20.6. The third-order valence-electron chi connectivity index (χ3n) is 6.12. The van der Waals surface area contributed by atoms with Crippen LogP contribution in [0.1, 0.15) is 44.6 Å². The largest absolute Gasteiger partial charge is 0.391 e. The number of nitrogens with one attached hydrogen (secondary N) is 1. The van der Waals surface area contributed by atoms with Crippen LogP contribution in [-0.4, -0.2) is 64.2 Å². The third-order valence-corrected chi connectivity index (χ3v) is 6.12. The summed E-state index contributed by atoms with van der Waals surface area (Å²) in [6.07, 6.45) is 6.84. The maximum Gasteiger partial charge on any atom is 0.267 e. The van der Waals surface area contributed by atoms with E-state index in [0.717, 1.165) is 69.1 Å². The molecule has 0 aromatic carbocycles. The Kier molecular flexibility index (Phi) is 6.17. The number of aliphatic hydroxyl groups excluding tert-OH is 1. The molecule has 1 aliphatic carbocycles. The number of aromatic nitrogens is 4. The lowest BCUT2D eigenvalue weighted by atomic mass is 10.0. The molecule has 0 radical (unpaired) electrons. The van der Waals surface area contributed by atoms with Gasteiger partial charge >= 0.3 is 0 Å². The van der Waals surface area contributed by atoms with Gasteiger partial charge in [0.15, 0.2) is 0 Å². The first-order valence-electron chi connectivity index (χ1n) is 10.8. The van der Waals surface area contributed by atoms with Gasteiger partial charge in [-0.3, -0.25) is 4.79 Å². The van der Waals surface area contributed by atoms with Crippen molar-refractivity contribution in [2.45, 2.75) is 56.7 Å². The van der Waals surface area contributed by atoms with Crippen molar-refractivity contribution < 1.29 is 5.11 Å². The van der Waals surface area contributed by atoms with Crippen molar-refractivity contribution in [2.24, 2.45) is 0 Å². The maximum atomic E-state index is 12.4. The summed E-state index contributed by atoms with van der Waals surface area (Å²) in [5.41, 5.74) is -0.145. The van der Waals surface area contributed by atoms with Crippen molar-refractivity contribution in [3.63, 3.8) is 0 Å². The fraction of sp³-hybridized carbons (Fsp3) is 0.619. The molecule has 4 rings (SSSR count). The molecule has 2 aromatic rings.